The lowest BCUT2D eigenvalue weighted by Gasteiger charge is -2.32. The van der Waals surface area contributed by atoms with E-state index in [1.807, 2.05) is 72.9 Å². The SMILES string of the molecule is O=C(OCc1ccccc1)N1CCC(CNC2=CCN(c3cccc4[nH]ncc34)C(Nc3ccc4[nH]c(=O)[nH]c4c3)=N2)CC1. The van der Waals surface area contributed by atoms with Crippen molar-refractivity contribution < 1.29 is 9.53 Å². The molecule has 12 heteroatoms. The van der Waals surface area contributed by atoms with E-state index in [0.717, 1.165) is 58.6 Å². The molecule has 1 saturated heterocycles. The third kappa shape index (κ3) is 5.87. The van der Waals surface area contributed by atoms with Gasteiger partial charge in [0.2, 0.25) is 5.96 Å². The van der Waals surface area contributed by atoms with Crippen LogP contribution in [0.3, 0.4) is 0 Å². The van der Waals surface area contributed by atoms with Crippen molar-refractivity contribution in [1.29, 1.82) is 0 Å². The Morgan fingerprint density at radius 2 is 1.82 bits per heavy atom. The number of ether oxygens (including phenoxy) is 1. The van der Waals surface area contributed by atoms with Crippen molar-refractivity contribution in [1.82, 2.24) is 30.4 Å². The van der Waals surface area contributed by atoms with Crippen LogP contribution < -0.4 is 21.2 Å². The zero-order valence-electron chi connectivity index (χ0n) is 24.0. The van der Waals surface area contributed by atoms with E-state index in [4.69, 9.17) is 9.73 Å². The van der Waals surface area contributed by atoms with Crippen LogP contribution in [-0.2, 0) is 11.3 Å². The Morgan fingerprint density at radius 1 is 0.977 bits per heavy atom. The van der Waals surface area contributed by atoms with E-state index in [9.17, 15) is 9.59 Å². The van der Waals surface area contributed by atoms with E-state index in [0.29, 0.717) is 37.0 Å². The van der Waals surface area contributed by atoms with Crippen LogP contribution in [0.25, 0.3) is 21.9 Å². The Labute approximate surface area is 252 Å². The van der Waals surface area contributed by atoms with Crippen molar-refractivity contribution in [3.8, 4) is 0 Å². The van der Waals surface area contributed by atoms with Gasteiger partial charge in [-0.1, -0.05) is 36.4 Å². The maximum atomic E-state index is 12.6. The number of H-pyrrole nitrogens is 3. The molecule has 0 saturated carbocycles. The van der Waals surface area contributed by atoms with Crippen LogP contribution in [0.2, 0.25) is 0 Å². The van der Waals surface area contributed by atoms with Crippen LogP contribution in [0.1, 0.15) is 18.4 Å². The number of nitrogens with one attached hydrogen (secondary N) is 5. The average molecular weight is 592 g/mol. The second-order valence-electron chi connectivity index (χ2n) is 11.1. The molecule has 5 aromatic rings. The highest BCUT2D eigenvalue weighted by molar-refractivity contribution is 6.11. The van der Waals surface area contributed by atoms with Gasteiger partial charge in [0.05, 0.1) is 28.4 Å². The Balaban J connectivity index is 1.01. The van der Waals surface area contributed by atoms with Crippen LogP contribution in [0.5, 0.6) is 0 Å². The highest BCUT2D eigenvalue weighted by Crippen LogP contribution is 2.28. The van der Waals surface area contributed by atoms with Crippen molar-refractivity contribution >= 4 is 45.4 Å². The number of amides is 1. The number of aromatic amines is 3. The maximum absolute atomic E-state index is 12.6. The number of aliphatic imine (C=N–C) groups is 1. The number of benzene rings is 3. The number of rotatable bonds is 7. The number of carbonyl (C=O) groups is 1. The van der Waals surface area contributed by atoms with E-state index in [1.54, 1.807) is 4.90 Å². The summed E-state index contributed by atoms with van der Waals surface area (Å²) in [6.07, 6.45) is 5.41. The molecular formula is C32H33N9O3. The fourth-order valence-electron chi connectivity index (χ4n) is 5.71. The molecule has 0 spiro atoms. The molecule has 1 amide bonds. The molecule has 0 aliphatic carbocycles. The van der Waals surface area contributed by atoms with Gasteiger partial charge in [0.1, 0.15) is 12.4 Å². The van der Waals surface area contributed by atoms with Gasteiger partial charge >= 0.3 is 11.8 Å². The summed E-state index contributed by atoms with van der Waals surface area (Å²) < 4.78 is 5.52. The van der Waals surface area contributed by atoms with E-state index in [1.165, 1.54) is 0 Å². The molecular weight excluding hydrogens is 558 g/mol. The largest absolute Gasteiger partial charge is 0.445 e. The van der Waals surface area contributed by atoms with Crippen LogP contribution in [0.4, 0.5) is 16.2 Å². The third-order valence-corrected chi connectivity index (χ3v) is 8.12. The number of guanidine groups is 1. The van der Waals surface area contributed by atoms with Crippen LogP contribution in [-0.4, -0.2) is 63.3 Å². The molecule has 0 unspecified atom stereocenters. The van der Waals surface area contributed by atoms with E-state index < -0.39 is 0 Å². The number of hydrogen-bond acceptors (Lipinski definition) is 8. The van der Waals surface area contributed by atoms with Gasteiger partial charge in [-0.15, -0.1) is 0 Å². The minimum atomic E-state index is -0.259. The Hall–Kier alpha value is -5.52. The molecule has 2 aromatic heterocycles. The number of anilines is 2. The number of piperidine rings is 1. The summed E-state index contributed by atoms with van der Waals surface area (Å²) in [6.45, 7) is 2.96. The van der Waals surface area contributed by atoms with Crippen LogP contribution >= 0.6 is 0 Å². The van der Waals surface area contributed by atoms with Gasteiger partial charge in [0, 0.05) is 37.3 Å². The quantitative estimate of drug-likeness (QED) is 0.187. The van der Waals surface area contributed by atoms with E-state index in [2.05, 4.69) is 41.8 Å². The van der Waals surface area contributed by atoms with Gasteiger partial charge in [-0.3, -0.25) is 5.10 Å². The predicted molar refractivity (Wildman–Crippen MR) is 170 cm³/mol. The first-order valence-corrected chi connectivity index (χ1v) is 14.8. The normalized spacial score (nSPS) is 15.7. The lowest BCUT2D eigenvalue weighted by atomic mass is 9.97. The van der Waals surface area contributed by atoms with Crippen LogP contribution in [0, 0.1) is 5.92 Å². The zero-order valence-corrected chi connectivity index (χ0v) is 24.0. The minimum Gasteiger partial charge on any atom is -0.445 e. The Kier molecular flexibility index (Phi) is 7.45. The molecule has 2 aliphatic rings. The minimum absolute atomic E-state index is 0.246. The molecule has 1 fully saturated rings. The van der Waals surface area contributed by atoms with Gasteiger partial charge in [-0.2, -0.15) is 10.1 Å². The molecule has 224 valence electrons. The summed E-state index contributed by atoms with van der Waals surface area (Å²) in [5.74, 6) is 1.84. The van der Waals surface area contributed by atoms with Crippen molar-refractivity contribution in [2.75, 3.05) is 36.4 Å². The standard InChI is InChI=1S/C32H33N9O3/c42-31-36-26-10-9-23(17-27(26)37-31)35-30-38-29(13-16-41(30)28-8-4-7-25-24(28)19-34-39-25)33-18-21-11-14-40(15-12-21)32(43)44-20-22-5-2-1-3-6-22/h1-10,13,17,19,21,33H,11-12,14-16,18,20H2,(H,34,39)(H,35,38)(H2,36,37,42). The van der Waals surface area contributed by atoms with Gasteiger partial charge in [-0.25, -0.2) is 9.59 Å². The maximum Gasteiger partial charge on any atom is 0.410 e. The molecule has 2 aliphatic heterocycles. The van der Waals surface area contributed by atoms with E-state index >= 15 is 0 Å². The third-order valence-electron chi connectivity index (χ3n) is 8.12. The van der Waals surface area contributed by atoms with E-state index in [-0.39, 0.29) is 18.4 Å². The number of fused-ring (bicyclic) bond motifs is 2. The summed E-state index contributed by atoms with van der Waals surface area (Å²) in [4.78, 5) is 38.8. The van der Waals surface area contributed by atoms with Gasteiger partial charge < -0.3 is 35.1 Å². The first kappa shape index (κ1) is 27.3. The molecule has 4 heterocycles. The molecule has 0 radical (unpaired) electrons. The number of carbonyl (C=O) groups excluding carboxylic acids is 1. The number of aromatic nitrogens is 4. The molecule has 0 bridgehead atoms. The van der Waals surface area contributed by atoms with Gasteiger partial charge in [0.25, 0.3) is 0 Å². The summed E-state index contributed by atoms with van der Waals surface area (Å²) >= 11 is 0. The molecule has 7 rings (SSSR count). The summed E-state index contributed by atoms with van der Waals surface area (Å²) in [5.41, 5.74) is 4.90. The topological polar surface area (TPSA) is 147 Å². The highest BCUT2D eigenvalue weighted by Gasteiger charge is 2.25. The predicted octanol–water partition coefficient (Wildman–Crippen LogP) is 4.50. The lowest BCUT2D eigenvalue weighted by Crippen LogP contribution is -2.42. The van der Waals surface area contributed by atoms with Gasteiger partial charge in [-0.05, 0) is 60.7 Å². The number of nitrogens with zero attached hydrogens (tertiary/aromatic N) is 4. The fraction of sp³-hybridized carbons (Fsp3) is 0.250. The van der Waals surface area contributed by atoms with Crippen LogP contribution in [0.15, 0.2) is 94.6 Å². The first-order chi connectivity index (χ1) is 21.6. The summed E-state index contributed by atoms with van der Waals surface area (Å²) in [7, 11) is 0. The number of imidazole rings is 1. The molecule has 12 nitrogen and oxygen atoms in total. The molecule has 0 atom stereocenters. The Morgan fingerprint density at radius 3 is 2.68 bits per heavy atom. The van der Waals surface area contributed by atoms with Crippen molar-refractivity contribution in [3.63, 3.8) is 0 Å². The Bertz CT molecular complexity index is 1900. The average Bonchev–Trinajstić information content (AvgIpc) is 3.69. The zero-order chi connectivity index (χ0) is 29.9. The molecule has 5 N–H and O–H groups in total. The summed E-state index contributed by atoms with van der Waals surface area (Å²) in [6, 6.07) is 21.4. The molecule has 3 aromatic carbocycles. The number of hydrogen-bond donors (Lipinski definition) is 5. The number of likely N-dealkylation sites (tertiary alicyclic amines) is 1. The second kappa shape index (κ2) is 12.0. The monoisotopic (exact) mass is 591 g/mol. The first-order valence-electron chi connectivity index (χ1n) is 14.8. The van der Waals surface area contributed by atoms with Crippen molar-refractivity contribution in [2.45, 2.75) is 19.4 Å². The second-order valence-corrected chi connectivity index (χ2v) is 11.1. The van der Waals surface area contributed by atoms with Gasteiger partial charge in [0.15, 0.2) is 0 Å². The van der Waals surface area contributed by atoms with Crippen molar-refractivity contribution in [3.05, 3.63) is 101 Å². The highest BCUT2D eigenvalue weighted by atomic mass is 16.6. The van der Waals surface area contributed by atoms with Crippen molar-refractivity contribution in [2.24, 2.45) is 10.9 Å². The lowest BCUT2D eigenvalue weighted by molar-refractivity contribution is 0.0824. The summed E-state index contributed by atoms with van der Waals surface area (Å²) in [5, 5.41) is 15.3. The fourth-order valence-corrected chi connectivity index (χ4v) is 5.71. The molecule has 44 heavy (non-hydrogen) atoms. The smallest absolute Gasteiger partial charge is 0.410 e.